The van der Waals surface area contributed by atoms with Gasteiger partial charge in [-0.05, 0) is 93.9 Å². The molecule has 3 aliphatic heterocycles. The van der Waals surface area contributed by atoms with E-state index in [0.717, 1.165) is 80.4 Å². The summed E-state index contributed by atoms with van der Waals surface area (Å²) in [4.78, 5) is 24.8. The first kappa shape index (κ1) is 25.3. The number of likely N-dealkylation sites (N-methyl/N-ethyl adjacent to an activating group) is 1. The van der Waals surface area contributed by atoms with Gasteiger partial charge in [0.1, 0.15) is 11.8 Å². The minimum absolute atomic E-state index is 0.0727. The summed E-state index contributed by atoms with van der Waals surface area (Å²) in [5, 5.41) is 0. The first-order chi connectivity index (χ1) is 19.8. The lowest BCUT2D eigenvalue weighted by Crippen LogP contribution is -2.62. The van der Waals surface area contributed by atoms with Gasteiger partial charge in [0, 0.05) is 48.9 Å². The number of ether oxygens (including phenoxy) is 2. The smallest absolute Gasteiger partial charge is 0.270 e. The minimum atomic E-state index is -0.112. The van der Waals surface area contributed by atoms with Crippen molar-refractivity contribution < 1.29 is 14.3 Å². The van der Waals surface area contributed by atoms with Crippen LogP contribution in [0.5, 0.6) is 11.5 Å². The van der Waals surface area contributed by atoms with Gasteiger partial charge < -0.3 is 29.2 Å². The second-order valence-electron chi connectivity index (χ2n) is 13.1. The lowest BCUT2D eigenvalue weighted by Gasteiger charge is -2.57. The average Bonchev–Trinajstić information content (AvgIpc) is 3.49. The van der Waals surface area contributed by atoms with Crippen LogP contribution in [0, 0.1) is 26.7 Å². The molecule has 8 rings (SSSR count). The van der Waals surface area contributed by atoms with Gasteiger partial charge in [0.15, 0.2) is 11.5 Å². The molecule has 1 spiro atoms. The lowest BCUT2D eigenvalue weighted by molar-refractivity contribution is -0.0256. The van der Waals surface area contributed by atoms with Crippen molar-refractivity contribution in [3.8, 4) is 11.5 Å². The molecule has 7 nitrogen and oxygen atoms in total. The van der Waals surface area contributed by atoms with Gasteiger partial charge in [0.05, 0.1) is 12.8 Å². The molecule has 5 aliphatic rings. The Morgan fingerprint density at radius 3 is 2.61 bits per heavy atom. The van der Waals surface area contributed by atoms with Crippen molar-refractivity contribution >= 4 is 11.6 Å². The standard InChI is InChI=1S/C34H40N4O3/c1-19-6-8-25(20(2)16-19)37-12-14-38(15-13-37)33(39)29-21(3)23-18-24-26-17-22-7-9-27(40-5)31-28(22)34(24,10-11-36(26)4)32(41-31)30(23)35-29/h6-9,16,24,26,32,35H,10-15,17-18H2,1-5H3/t24?,26-,32-,34-/m0/s1. The van der Waals surface area contributed by atoms with E-state index in [-0.39, 0.29) is 17.4 Å². The Kier molecular flexibility index (Phi) is 5.41. The largest absolute Gasteiger partial charge is 0.493 e. The van der Waals surface area contributed by atoms with Gasteiger partial charge in [0.25, 0.3) is 5.91 Å². The fraction of sp³-hybridized carbons (Fsp3) is 0.500. The zero-order valence-corrected chi connectivity index (χ0v) is 24.8. The second-order valence-corrected chi connectivity index (χ2v) is 13.1. The SMILES string of the molecule is COc1ccc2c3c1O[C@H]1c4[nH]c(C(=O)N5CCN(c6ccc(C)cc6C)CC5)c(C)c4CC4[C@H](C2)N(C)CC[C@@]341. The van der Waals surface area contributed by atoms with Crippen LogP contribution in [0.1, 0.15) is 62.1 Å². The fourth-order valence-electron chi connectivity index (χ4n) is 9.12. The van der Waals surface area contributed by atoms with E-state index in [2.05, 4.69) is 72.9 Å². The maximum atomic E-state index is 14.1. The molecule has 41 heavy (non-hydrogen) atoms. The number of hydrogen-bond donors (Lipinski definition) is 1. The molecule has 2 aliphatic carbocycles. The van der Waals surface area contributed by atoms with Crippen molar-refractivity contribution in [3.63, 3.8) is 0 Å². The summed E-state index contributed by atoms with van der Waals surface area (Å²) in [6.45, 7) is 10.6. The average molecular weight is 553 g/mol. The van der Waals surface area contributed by atoms with Crippen LogP contribution >= 0.6 is 0 Å². The van der Waals surface area contributed by atoms with E-state index in [0.29, 0.717) is 12.0 Å². The number of rotatable bonds is 3. The van der Waals surface area contributed by atoms with Crippen molar-refractivity contribution in [2.45, 2.75) is 57.6 Å². The normalized spacial score (nSPS) is 27.8. The maximum Gasteiger partial charge on any atom is 0.270 e. The highest BCUT2D eigenvalue weighted by Crippen LogP contribution is 2.67. The van der Waals surface area contributed by atoms with Gasteiger partial charge in [-0.15, -0.1) is 0 Å². The van der Waals surface area contributed by atoms with Gasteiger partial charge in [-0.1, -0.05) is 23.8 Å². The highest BCUT2D eigenvalue weighted by molar-refractivity contribution is 5.95. The number of amides is 1. The van der Waals surface area contributed by atoms with Crippen molar-refractivity contribution in [1.82, 2.24) is 14.8 Å². The number of carbonyl (C=O) groups excluding carboxylic acids is 1. The lowest BCUT2D eigenvalue weighted by atomic mass is 9.51. The number of fused-ring (bicyclic) bond motifs is 2. The second kappa shape index (κ2) is 8.78. The van der Waals surface area contributed by atoms with Crippen LogP contribution in [-0.2, 0) is 18.3 Å². The highest BCUT2D eigenvalue weighted by Gasteiger charge is 2.65. The van der Waals surface area contributed by atoms with E-state index in [1.165, 1.54) is 33.5 Å². The van der Waals surface area contributed by atoms with E-state index >= 15 is 0 Å². The molecule has 4 atom stereocenters. The molecular weight excluding hydrogens is 512 g/mol. The summed E-state index contributed by atoms with van der Waals surface area (Å²) in [5.74, 6) is 2.33. The van der Waals surface area contributed by atoms with E-state index < -0.39 is 0 Å². The summed E-state index contributed by atoms with van der Waals surface area (Å²) in [6.07, 6.45) is 2.97. The van der Waals surface area contributed by atoms with Gasteiger partial charge in [-0.2, -0.15) is 0 Å². The molecule has 1 N–H and O–H groups in total. The van der Waals surface area contributed by atoms with Crippen molar-refractivity contribution in [1.29, 1.82) is 0 Å². The molecule has 1 amide bonds. The molecule has 1 unspecified atom stereocenters. The first-order valence-electron chi connectivity index (χ1n) is 15.2. The third-order valence-electron chi connectivity index (χ3n) is 11.2. The number of benzene rings is 2. The van der Waals surface area contributed by atoms with E-state index in [4.69, 9.17) is 9.47 Å². The van der Waals surface area contributed by atoms with Crippen LogP contribution in [0.15, 0.2) is 30.3 Å². The molecule has 2 bridgehead atoms. The molecule has 2 fully saturated rings. The quantitative estimate of drug-likeness (QED) is 0.510. The third-order valence-corrected chi connectivity index (χ3v) is 11.2. The van der Waals surface area contributed by atoms with Crippen LogP contribution in [0.2, 0.25) is 0 Å². The molecular formula is C34H40N4O3. The zero-order chi connectivity index (χ0) is 28.2. The number of piperidine rings is 1. The predicted molar refractivity (Wildman–Crippen MR) is 160 cm³/mol. The number of methoxy groups -OCH3 is 1. The molecule has 214 valence electrons. The predicted octanol–water partition coefficient (Wildman–Crippen LogP) is 4.71. The number of nitrogens with zero attached hydrogens (tertiary/aromatic N) is 3. The molecule has 4 heterocycles. The number of aromatic nitrogens is 1. The van der Waals surface area contributed by atoms with Crippen LogP contribution < -0.4 is 14.4 Å². The van der Waals surface area contributed by atoms with Gasteiger partial charge in [-0.25, -0.2) is 0 Å². The van der Waals surface area contributed by atoms with Crippen molar-refractivity contribution in [3.05, 3.63) is 75.1 Å². The first-order valence-corrected chi connectivity index (χ1v) is 15.2. The summed E-state index contributed by atoms with van der Waals surface area (Å²) >= 11 is 0. The van der Waals surface area contributed by atoms with Gasteiger partial charge in [-0.3, -0.25) is 4.79 Å². The van der Waals surface area contributed by atoms with Gasteiger partial charge in [0.2, 0.25) is 0 Å². The molecule has 3 aromatic rings. The van der Waals surface area contributed by atoms with E-state index in [1.807, 2.05) is 4.90 Å². The van der Waals surface area contributed by atoms with Gasteiger partial charge >= 0.3 is 0 Å². The number of aromatic amines is 1. The van der Waals surface area contributed by atoms with Crippen molar-refractivity contribution in [2.75, 3.05) is 51.8 Å². The summed E-state index contributed by atoms with van der Waals surface area (Å²) in [6, 6.07) is 11.4. The molecule has 0 radical (unpaired) electrons. The number of aryl methyl sites for hydroxylation is 2. The zero-order valence-electron chi connectivity index (χ0n) is 24.8. The number of H-pyrrole nitrogens is 1. The highest BCUT2D eigenvalue weighted by atomic mass is 16.5. The number of likely N-dealkylation sites (tertiary alicyclic amines) is 1. The molecule has 0 saturated carbocycles. The van der Waals surface area contributed by atoms with E-state index in [1.54, 1.807) is 7.11 Å². The Hall–Kier alpha value is -3.45. The van der Waals surface area contributed by atoms with Crippen LogP contribution in [0.3, 0.4) is 0 Å². The molecule has 1 aromatic heterocycles. The Balaban J connectivity index is 1.13. The fourth-order valence-corrected chi connectivity index (χ4v) is 9.12. The maximum absolute atomic E-state index is 14.1. The Bertz CT molecular complexity index is 1580. The molecule has 7 heteroatoms. The monoisotopic (exact) mass is 552 g/mol. The Morgan fingerprint density at radius 1 is 1.05 bits per heavy atom. The van der Waals surface area contributed by atoms with Crippen LogP contribution in [0.25, 0.3) is 0 Å². The van der Waals surface area contributed by atoms with Crippen molar-refractivity contribution in [2.24, 2.45) is 5.92 Å². The topological polar surface area (TPSA) is 61.0 Å². The summed E-state index contributed by atoms with van der Waals surface area (Å²) in [5.41, 5.74) is 10.8. The van der Waals surface area contributed by atoms with Crippen LogP contribution in [-0.4, -0.2) is 73.6 Å². The number of piperazine rings is 1. The summed E-state index contributed by atoms with van der Waals surface area (Å²) in [7, 11) is 4.02. The Morgan fingerprint density at radius 2 is 1.85 bits per heavy atom. The molecule has 2 aromatic carbocycles. The number of carbonyl (C=O) groups is 1. The van der Waals surface area contributed by atoms with E-state index in [9.17, 15) is 4.79 Å². The number of nitrogens with one attached hydrogen (secondary N) is 1. The number of anilines is 1. The molecule has 2 saturated heterocycles. The minimum Gasteiger partial charge on any atom is -0.493 e. The van der Waals surface area contributed by atoms with Crippen LogP contribution in [0.4, 0.5) is 5.69 Å². The summed E-state index contributed by atoms with van der Waals surface area (Å²) < 4.78 is 12.7. The Labute approximate surface area is 242 Å². The third kappa shape index (κ3) is 3.33. The number of hydrogen-bond acceptors (Lipinski definition) is 5.